The van der Waals surface area contributed by atoms with Crippen molar-refractivity contribution in [2.45, 2.75) is 6.54 Å². The Kier molecular flexibility index (Phi) is 4.03. The fourth-order valence-electron chi connectivity index (χ4n) is 2.75. The molecule has 0 saturated heterocycles. The topological polar surface area (TPSA) is 12.9 Å². The Bertz CT molecular complexity index is 711. The molecule has 2 aromatic rings. The number of hydrogen-bond acceptors (Lipinski definition) is 1. The highest BCUT2D eigenvalue weighted by Crippen LogP contribution is 2.24. The largest absolute Gasteiger partial charge is 0.293 e. The maximum Gasteiger partial charge on any atom is 0.109 e. The summed E-state index contributed by atoms with van der Waals surface area (Å²) in [5, 5.41) is 0. The number of hydrogen-bond donors (Lipinski definition) is 0. The van der Waals surface area contributed by atoms with Crippen LogP contribution in [0.2, 0.25) is 0 Å². The predicted molar refractivity (Wildman–Crippen MR) is 92.6 cm³/mol. The van der Waals surface area contributed by atoms with Gasteiger partial charge in [0.15, 0.2) is 0 Å². The lowest BCUT2D eigenvalue weighted by Crippen LogP contribution is -2.38. The third kappa shape index (κ3) is 3.23. The Morgan fingerprint density at radius 2 is 1.86 bits per heavy atom. The molecule has 1 aliphatic rings. The van der Waals surface area contributed by atoms with E-state index in [2.05, 4.69) is 73.4 Å². The van der Waals surface area contributed by atoms with Crippen LogP contribution >= 0.6 is 0 Å². The van der Waals surface area contributed by atoms with E-state index in [1.54, 1.807) is 0 Å². The minimum atomic E-state index is 0.891. The molecule has 0 spiro atoms. The minimum Gasteiger partial charge on any atom is -0.293 e. The fourth-order valence-corrected chi connectivity index (χ4v) is 2.75. The van der Waals surface area contributed by atoms with Gasteiger partial charge in [-0.25, -0.2) is 0 Å². The molecule has 2 heterocycles. The average molecular weight is 289 g/mol. The van der Waals surface area contributed by atoms with Gasteiger partial charge in [-0.2, -0.15) is 0 Å². The second kappa shape index (κ2) is 6.12. The van der Waals surface area contributed by atoms with Gasteiger partial charge in [-0.1, -0.05) is 36.9 Å². The summed E-state index contributed by atoms with van der Waals surface area (Å²) in [5.41, 5.74) is 5.02. The maximum absolute atomic E-state index is 4.08. The van der Waals surface area contributed by atoms with Gasteiger partial charge < -0.3 is 0 Å². The number of rotatable bonds is 4. The van der Waals surface area contributed by atoms with Crippen LogP contribution in [0.3, 0.4) is 0 Å². The summed E-state index contributed by atoms with van der Waals surface area (Å²) >= 11 is 0. The summed E-state index contributed by atoms with van der Waals surface area (Å²) < 4.78 is 0.891. The lowest BCUT2D eigenvalue weighted by Gasteiger charge is -2.32. The van der Waals surface area contributed by atoms with Crippen LogP contribution < -0.4 is 0 Å². The van der Waals surface area contributed by atoms with Crippen LogP contribution in [-0.4, -0.2) is 23.1 Å². The quantitative estimate of drug-likeness (QED) is 0.765. The summed E-state index contributed by atoms with van der Waals surface area (Å²) in [6, 6.07) is 12.7. The van der Waals surface area contributed by atoms with E-state index in [-0.39, 0.29) is 0 Å². The lowest BCUT2D eigenvalue weighted by molar-refractivity contribution is -0.867. The third-order valence-corrected chi connectivity index (χ3v) is 4.12. The van der Waals surface area contributed by atoms with Gasteiger partial charge in [-0.15, -0.1) is 0 Å². The molecule has 1 aromatic carbocycles. The van der Waals surface area contributed by atoms with Gasteiger partial charge in [-0.05, 0) is 41.0 Å². The molecule has 0 amide bonds. The predicted octanol–water partition coefficient (Wildman–Crippen LogP) is 4.28. The minimum absolute atomic E-state index is 0.891. The Balaban J connectivity index is 1.72. The zero-order chi connectivity index (χ0) is 15.4. The molecule has 3 rings (SSSR count). The molecule has 1 aromatic heterocycles. The van der Waals surface area contributed by atoms with Gasteiger partial charge in [0.25, 0.3) is 0 Å². The molecular weight excluding hydrogens is 268 g/mol. The van der Waals surface area contributed by atoms with E-state index >= 15 is 0 Å². The number of likely N-dealkylation sites (N-methyl/N-ethyl adjacent to an activating group) is 1. The molecule has 0 fully saturated rings. The van der Waals surface area contributed by atoms with Crippen LogP contribution in [0.25, 0.3) is 11.6 Å². The monoisotopic (exact) mass is 289 g/mol. The lowest BCUT2D eigenvalue weighted by atomic mass is 10.0. The molecule has 22 heavy (non-hydrogen) atoms. The second-order valence-electron chi connectivity index (χ2n) is 5.98. The van der Waals surface area contributed by atoms with Gasteiger partial charge in [0.05, 0.1) is 13.2 Å². The van der Waals surface area contributed by atoms with Crippen LogP contribution in [0, 0.1) is 0 Å². The SMILES string of the molecule is C=Cc1ccc(C[N+]2(C)C=CC(c3ccncc3)=CC2)cc1. The fraction of sp³-hybridized carbons (Fsp3) is 0.150. The van der Waals surface area contributed by atoms with Gasteiger partial charge in [0, 0.05) is 18.0 Å². The zero-order valence-electron chi connectivity index (χ0n) is 12.9. The summed E-state index contributed by atoms with van der Waals surface area (Å²) in [7, 11) is 2.26. The number of quaternary nitrogens is 1. The molecule has 0 aliphatic carbocycles. The van der Waals surface area contributed by atoms with E-state index in [9.17, 15) is 0 Å². The molecule has 0 saturated carbocycles. The van der Waals surface area contributed by atoms with Crippen molar-refractivity contribution in [2.24, 2.45) is 0 Å². The number of pyridine rings is 1. The van der Waals surface area contributed by atoms with Crippen LogP contribution in [0.5, 0.6) is 0 Å². The Hall–Kier alpha value is -2.45. The van der Waals surface area contributed by atoms with E-state index in [0.717, 1.165) is 17.6 Å². The molecular formula is C20H21N2+. The molecule has 0 N–H and O–H groups in total. The van der Waals surface area contributed by atoms with Crippen molar-refractivity contribution in [1.82, 2.24) is 4.98 Å². The highest BCUT2D eigenvalue weighted by Gasteiger charge is 2.21. The van der Waals surface area contributed by atoms with Crippen molar-refractivity contribution < 1.29 is 4.48 Å². The molecule has 0 radical (unpaired) electrons. The summed E-state index contributed by atoms with van der Waals surface area (Å²) in [6.07, 6.45) is 12.4. The zero-order valence-corrected chi connectivity index (χ0v) is 12.9. The van der Waals surface area contributed by atoms with Crippen LogP contribution in [0.1, 0.15) is 16.7 Å². The smallest absolute Gasteiger partial charge is 0.109 e. The molecule has 1 aliphatic heterocycles. The molecule has 2 heteroatoms. The number of benzene rings is 1. The van der Waals surface area contributed by atoms with E-state index in [1.165, 1.54) is 22.3 Å². The van der Waals surface area contributed by atoms with Crippen molar-refractivity contribution in [3.63, 3.8) is 0 Å². The summed E-state index contributed by atoms with van der Waals surface area (Å²) in [4.78, 5) is 4.08. The number of allylic oxidation sites excluding steroid dienone is 2. The normalized spacial score (nSPS) is 20.5. The summed E-state index contributed by atoms with van der Waals surface area (Å²) in [6.45, 7) is 5.79. The highest BCUT2D eigenvalue weighted by atomic mass is 15.3. The van der Waals surface area contributed by atoms with Crippen molar-refractivity contribution in [3.05, 3.63) is 90.4 Å². The maximum atomic E-state index is 4.08. The number of nitrogens with zero attached hydrogens (tertiary/aromatic N) is 2. The first kappa shape index (κ1) is 14.5. The van der Waals surface area contributed by atoms with Crippen molar-refractivity contribution in [1.29, 1.82) is 0 Å². The van der Waals surface area contributed by atoms with Gasteiger partial charge in [-0.3, -0.25) is 9.47 Å². The number of aromatic nitrogens is 1. The molecule has 1 atom stereocenters. The molecule has 2 nitrogen and oxygen atoms in total. The van der Waals surface area contributed by atoms with E-state index < -0.39 is 0 Å². The molecule has 0 bridgehead atoms. The van der Waals surface area contributed by atoms with E-state index in [0.29, 0.717) is 0 Å². The van der Waals surface area contributed by atoms with Crippen LogP contribution in [-0.2, 0) is 6.54 Å². The van der Waals surface area contributed by atoms with Gasteiger partial charge in [0.1, 0.15) is 13.1 Å². The van der Waals surface area contributed by atoms with E-state index in [1.807, 2.05) is 18.5 Å². The van der Waals surface area contributed by atoms with Crippen LogP contribution in [0.4, 0.5) is 0 Å². The first-order valence-electron chi connectivity index (χ1n) is 7.54. The van der Waals surface area contributed by atoms with E-state index in [4.69, 9.17) is 0 Å². The second-order valence-corrected chi connectivity index (χ2v) is 5.98. The standard InChI is InChI=1S/C20H21N2/c1-3-17-4-6-18(7-5-17)16-22(2)14-10-20(11-15-22)19-8-12-21-13-9-19/h3-14H,1,15-16H2,2H3/q+1. The molecule has 110 valence electrons. The van der Waals surface area contributed by atoms with Gasteiger partial charge in [0.2, 0.25) is 0 Å². The van der Waals surface area contributed by atoms with Crippen LogP contribution in [0.15, 0.2) is 73.7 Å². The Morgan fingerprint density at radius 3 is 2.45 bits per heavy atom. The van der Waals surface area contributed by atoms with Crippen molar-refractivity contribution in [2.75, 3.05) is 13.6 Å². The highest BCUT2D eigenvalue weighted by molar-refractivity contribution is 5.74. The van der Waals surface area contributed by atoms with Gasteiger partial charge >= 0.3 is 0 Å². The molecule has 1 unspecified atom stereocenters. The Morgan fingerprint density at radius 1 is 1.14 bits per heavy atom. The third-order valence-electron chi connectivity index (χ3n) is 4.12. The average Bonchev–Trinajstić information content (AvgIpc) is 2.57. The Labute approximate surface area is 132 Å². The summed E-state index contributed by atoms with van der Waals surface area (Å²) in [5.74, 6) is 0. The first-order chi connectivity index (χ1) is 10.7. The van der Waals surface area contributed by atoms with Crippen molar-refractivity contribution >= 4 is 11.6 Å². The van der Waals surface area contributed by atoms with Crippen molar-refractivity contribution in [3.8, 4) is 0 Å². The first-order valence-corrected chi connectivity index (χ1v) is 7.54.